The number of hydrogen-bond acceptors (Lipinski definition) is 4. The number of halogens is 1. The summed E-state index contributed by atoms with van der Waals surface area (Å²) in [6.07, 6.45) is 0. The molecular formula is C19H17BrN4O. The highest BCUT2D eigenvalue weighted by molar-refractivity contribution is 9.10. The molecule has 0 aliphatic heterocycles. The average Bonchev–Trinajstić information content (AvgIpc) is 2.58. The molecule has 2 N–H and O–H groups in total. The molecule has 0 radical (unpaired) electrons. The van der Waals surface area contributed by atoms with Crippen LogP contribution in [0.4, 0.5) is 17.3 Å². The molecule has 0 atom stereocenters. The van der Waals surface area contributed by atoms with E-state index in [-0.39, 0.29) is 5.91 Å². The summed E-state index contributed by atoms with van der Waals surface area (Å²) in [4.78, 5) is 21.1. The van der Waals surface area contributed by atoms with E-state index >= 15 is 0 Å². The van der Waals surface area contributed by atoms with Gasteiger partial charge in [-0.2, -0.15) is 0 Å². The molecule has 1 aromatic heterocycles. The second-order valence-corrected chi connectivity index (χ2v) is 6.48. The zero-order valence-electron chi connectivity index (χ0n) is 13.9. The van der Waals surface area contributed by atoms with E-state index < -0.39 is 0 Å². The molecule has 5 nitrogen and oxygen atoms in total. The van der Waals surface area contributed by atoms with Crippen molar-refractivity contribution in [3.05, 3.63) is 76.0 Å². The Balaban J connectivity index is 1.82. The third-order valence-electron chi connectivity index (χ3n) is 3.55. The van der Waals surface area contributed by atoms with Gasteiger partial charge in [0.2, 0.25) is 5.95 Å². The van der Waals surface area contributed by atoms with Gasteiger partial charge < -0.3 is 10.6 Å². The van der Waals surface area contributed by atoms with Crippen LogP contribution in [0, 0.1) is 13.8 Å². The van der Waals surface area contributed by atoms with Gasteiger partial charge in [-0.15, -0.1) is 0 Å². The number of aryl methyl sites for hydroxylation is 2. The fourth-order valence-electron chi connectivity index (χ4n) is 2.26. The number of carbonyl (C=O) groups is 1. The zero-order valence-corrected chi connectivity index (χ0v) is 15.5. The highest BCUT2D eigenvalue weighted by Crippen LogP contribution is 2.22. The minimum absolute atomic E-state index is 0.273. The quantitative estimate of drug-likeness (QED) is 0.661. The molecule has 0 unspecified atom stereocenters. The fraction of sp³-hybridized carbons (Fsp3) is 0.105. The number of nitrogens with zero attached hydrogens (tertiary/aromatic N) is 2. The number of rotatable bonds is 4. The highest BCUT2D eigenvalue weighted by atomic mass is 79.9. The summed E-state index contributed by atoms with van der Waals surface area (Å²) in [7, 11) is 0. The SMILES string of the molecule is Cc1cc(C(=O)Nc2ccccc2)nc(Nc2ccc(C)c(Br)c2)n1. The van der Waals surface area contributed by atoms with E-state index in [1.807, 2.05) is 62.4 Å². The van der Waals surface area contributed by atoms with Gasteiger partial charge in [-0.3, -0.25) is 4.79 Å². The van der Waals surface area contributed by atoms with Crippen LogP contribution in [-0.2, 0) is 0 Å². The molecular weight excluding hydrogens is 380 g/mol. The van der Waals surface area contributed by atoms with Gasteiger partial charge >= 0.3 is 0 Å². The average molecular weight is 397 g/mol. The molecule has 1 amide bonds. The Morgan fingerprint density at radius 2 is 1.72 bits per heavy atom. The van der Waals surface area contributed by atoms with Crippen molar-refractivity contribution in [2.45, 2.75) is 13.8 Å². The van der Waals surface area contributed by atoms with Gasteiger partial charge in [0.05, 0.1) is 0 Å². The summed E-state index contributed by atoms with van der Waals surface area (Å²) in [6.45, 7) is 3.85. The van der Waals surface area contributed by atoms with Crippen molar-refractivity contribution in [3.8, 4) is 0 Å². The number of aromatic nitrogens is 2. The van der Waals surface area contributed by atoms with Crippen LogP contribution in [0.2, 0.25) is 0 Å². The monoisotopic (exact) mass is 396 g/mol. The molecule has 25 heavy (non-hydrogen) atoms. The number of para-hydroxylation sites is 1. The maximum atomic E-state index is 12.4. The van der Waals surface area contributed by atoms with Gasteiger partial charge in [0, 0.05) is 21.5 Å². The molecule has 3 rings (SSSR count). The number of benzene rings is 2. The standard InChI is InChI=1S/C19H17BrN4O/c1-12-8-9-15(11-16(12)20)23-19-21-13(2)10-17(24-19)18(25)22-14-6-4-3-5-7-14/h3-11H,1-2H3,(H,22,25)(H,21,23,24). The smallest absolute Gasteiger partial charge is 0.274 e. The lowest BCUT2D eigenvalue weighted by Gasteiger charge is -2.10. The topological polar surface area (TPSA) is 66.9 Å². The molecule has 0 aliphatic carbocycles. The third-order valence-corrected chi connectivity index (χ3v) is 4.40. The number of carbonyl (C=O) groups excluding carboxylic acids is 1. The van der Waals surface area contributed by atoms with Crippen LogP contribution >= 0.6 is 15.9 Å². The first kappa shape index (κ1) is 17.1. The molecule has 3 aromatic rings. The summed E-state index contributed by atoms with van der Waals surface area (Å²) >= 11 is 3.50. The van der Waals surface area contributed by atoms with Gasteiger partial charge in [0.15, 0.2) is 0 Å². The summed E-state index contributed by atoms with van der Waals surface area (Å²) < 4.78 is 0.993. The van der Waals surface area contributed by atoms with Crippen LogP contribution in [0.5, 0.6) is 0 Å². The predicted octanol–water partition coefficient (Wildman–Crippen LogP) is 4.85. The Labute approximate surface area is 154 Å². The van der Waals surface area contributed by atoms with E-state index in [9.17, 15) is 4.79 Å². The second-order valence-electron chi connectivity index (χ2n) is 5.63. The van der Waals surface area contributed by atoms with Crippen LogP contribution in [-0.4, -0.2) is 15.9 Å². The van der Waals surface area contributed by atoms with Gasteiger partial charge in [-0.25, -0.2) is 9.97 Å². The normalized spacial score (nSPS) is 10.4. The maximum absolute atomic E-state index is 12.4. The number of nitrogens with one attached hydrogen (secondary N) is 2. The molecule has 0 fully saturated rings. The van der Waals surface area contributed by atoms with Crippen LogP contribution in [0.1, 0.15) is 21.7 Å². The number of hydrogen-bond donors (Lipinski definition) is 2. The minimum atomic E-state index is -0.273. The largest absolute Gasteiger partial charge is 0.324 e. The van der Waals surface area contributed by atoms with Crippen molar-refractivity contribution < 1.29 is 4.79 Å². The summed E-state index contributed by atoms with van der Waals surface area (Å²) in [5, 5.41) is 5.97. The molecule has 2 aromatic carbocycles. The van der Waals surface area contributed by atoms with Crippen molar-refractivity contribution >= 4 is 39.2 Å². The van der Waals surface area contributed by atoms with Crippen LogP contribution < -0.4 is 10.6 Å². The minimum Gasteiger partial charge on any atom is -0.324 e. The van der Waals surface area contributed by atoms with Crippen LogP contribution in [0.15, 0.2) is 59.1 Å². The zero-order chi connectivity index (χ0) is 17.8. The molecule has 0 aliphatic rings. The molecule has 0 bridgehead atoms. The first-order valence-electron chi connectivity index (χ1n) is 7.76. The molecule has 0 saturated heterocycles. The lowest BCUT2D eigenvalue weighted by Crippen LogP contribution is -2.15. The van der Waals surface area contributed by atoms with E-state index in [1.54, 1.807) is 6.07 Å². The second kappa shape index (κ2) is 7.44. The molecule has 0 spiro atoms. The first-order valence-corrected chi connectivity index (χ1v) is 8.56. The lowest BCUT2D eigenvalue weighted by molar-refractivity contribution is 0.102. The fourth-order valence-corrected chi connectivity index (χ4v) is 2.64. The molecule has 126 valence electrons. The number of anilines is 3. The summed E-state index contributed by atoms with van der Waals surface area (Å²) in [6, 6.07) is 16.8. The summed E-state index contributed by atoms with van der Waals surface area (Å²) in [5.74, 6) is 0.110. The Bertz CT molecular complexity index is 913. The van der Waals surface area contributed by atoms with Crippen molar-refractivity contribution in [1.82, 2.24) is 9.97 Å². The predicted molar refractivity (Wildman–Crippen MR) is 103 cm³/mol. The van der Waals surface area contributed by atoms with E-state index in [1.165, 1.54) is 0 Å². The van der Waals surface area contributed by atoms with Gasteiger partial charge in [0.1, 0.15) is 5.69 Å². The maximum Gasteiger partial charge on any atom is 0.274 e. The van der Waals surface area contributed by atoms with Crippen molar-refractivity contribution in [2.75, 3.05) is 10.6 Å². The molecule has 0 saturated carbocycles. The number of amides is 1. The van der Waals surface area contributed by atoms with E-state index in [2.05, 4.69) is 36.5 Å². The van der Waals surface area contributed by atoms with Crippen LogP contribution in [0.25, 0.3) is 0 Å². The van der Waals surface area contributed by atoms with E-state index in [0.717, 1.165) is 21.4 Å². The van der Waals surface area contributed by atoms with Crippen molar-refractivity contribution in [1.29, 1.82) is 0 Å². The Hall–Kier alpha value is -2.73. The van der Waals surface area contributed by atoms with Gasteiger partial charge in [-0.1, -0.05) is 40.2 Å². The third kappa shape index (κ3) is 4.42. The first-order chi connectivity index (χ1) is 12.0. The highest BCUT2D eigenvalue weighted by Gasteiger charge is 2.11. The van der Waals surface area contributed by atoms with Gasteiger partial charge in [-0.05, 0) is 49.7 Å². The van der Waals surface area contributed by atoms with E-state index in [4.69, 9.17) is 0 Å². The lowest BCUT2D eigenvalue weighted by atomic mass is 10.2. The van der Waals surface area contributed by atoms with Crippen molar-refractivity contribution in [2.24, 2.45) is 0 Å². The molecule has 6 heteroatoms. The van der Waals surface area contributed by atoms with E-state index in [0.29, 0.717) is 17.3 Å². The van der Waals surface area contributed by atoms with Crippen molar-refractivity contribution in [3.63, 3.8) is 0 Å². The summed E-state index contributed by atoms with van der Waals surface area (Å²) in [5.41, 5.74) is 3.73. The molecule has 1 heterocycles. The Morgan fingerprint density at radius 3 is 2.44 bits per heavy atom. The van der Waals surface area contributed by atoms with Gasteiger partial charge in [0.25, 0.3) is 5.91 Å². The Kier molecular flexibility index (Phi) is 5.09. The Morgan fingerprint density at radius 1 is 0.960 bits per heavy atom. The van der Waals surface area contributed by atoms with Crippen LogP contribution in [0.3, 0.4) is 0 Å².